The molecule has 0 radical (unpaired) electrons. The van der Waals surface area contributed by atoms with Gasteiger partial charge in [0.05, 0.1) is 10.7 Å². The lowest BCUT2D eigenvalue weighted by atomic mass is 10.3. The Bertz CT molecular complexity index is 308. The number of likely N-dealkylation sites (N-methyl/N-ethyl adjacent to an activating group) is 1. The molecular formula is C10H14ClN3. The summed E-state index contributed by atoms with van der Waals surface area (Å²) in [7, 11) is 2.14. The summed E-state index contributed by atoms with van der Waals surface area (Å²) in [6.07, 6.45) is 3.49. The molecule has 0 unspecified atom stereocenters. The number of aromatic nitrogens is 1. The molecule has 0 saturated carbocycles. The molecule has 4 heteroatoms. The fourth-order valence-corrected chi connectivity index (χ4v) is 1.91. The van der Waals surface area contributed by atoms with E-state index in [0.29, 0.717) is 0 Å². The Morgan fingerprint density at radius 2 is 2.00 bits per heavy atom. The maximum atomic E-state index is 6.08. The van der Waals surface area contributed by atoms with Gasteiger partial charge in [-0.05, 0) is 13.1 Å². The predicted octanol–water partition coefficient (Wildman–Crippen LogP) is 1.49. The van der Waals surface area contributed by atoms with Crippen molar-refractivity contribution < 1.29 is 0 Å². The molecule has 0 bridgehead atoms. The SMILES string of the molecule is CN1CCN(c2ccncc2Cl)CC1. The van der Waals surface area contributed by atoms with E-state index in [1.54, 1.807) is 12.4 Å². The van der Waals surface area contributed by atoms with E-state index in [9.17, 15) is 0 Å². The van der Waals surface area contributed by atoms with Crippen LogP contribution in [0.3, 0.4) is 0 Å². The molecule has 1 aromatic rings. The standard InChI is InChI=1S/C10H14ClN3/c1-13-4-6-14(7-5-13)10-2-3-12-8-9(10)11/h2-3,8H,4-7H2,1H3. The van der Waals surface area contributed by atoms with Crippen LogP contribution < -0.4 is 4.90 Å². The minimum absolute atomic E-state index is 0.747. The van der Waals surface area contributed by atoms with Crippen molar-refractivity contribution in [3.05, 3.63) is 23.5 Å². The van der Waals surface area contributed by atoms with E-state index in [4.69, 9.17) is 11.6 Å². The van der Waals surface area contributed by atoms with Gasteiger partial charge >= 0.3 is 0 Å². The van der Waals surface area contributed by atoms with Crippen LogP contribution in [0, 0.1) is 0 Å². The van der Waals surface area contributed by atoms with Gasteiger partial charge in [-0.2, -0.15) is 0 Å². The lowest BCUT2D eigenvalue weighted by Crippen LogP contribution is -2.44. The average Bonchev–Trinajstić information content (AvgIpc) is 2.20. The summed E-state index contributed by atoms with van der Waals surface area (Å²) in [5, 5.41) is 0.747. The first-order valence-corrected chi connectivity index (χ1v) is 5.18. The van der Waals surface area contributed by atoms with Gasteiger partial charge in [0.2, 0.25) is 0 Å². The summed E-state index contributed by atoms with van der Waals surface area (Å²) >= 11 is 6.08. The quantitative estimate of drug-likeness (QED) is 0.702. The van der Waals surface area contributed by atoms with Gasteiger partial charge in [0.15, 0.2) is 0 Å². The number of hydrogen-bond donors (Lipinski definition) is 0. The fourth-order valence-electron chi connectivity index (χ4n) is 1.67. The normalized spacial score (nSPS) is 18.6. The third kappa shape index (κ3) is 1.99. The van der Waals surface area contributed by atoms with Crippen LogP contribution >= 0.6 is 11.6 Å². The zero-order valence-corrected chi connectivity index (χ0v) is 9.04. The molecular weight excluding hydrogens is 198 g/mol. The molecule has 0 aromatic carbocycles. The highest BCUT2D eigenvalue weighted by atomic mass is 35.5. The topological polar surface area (TPSA) is 19.4 Å². The minimum Gasteiger partial charge on any atom is -0.368 e. The molecule has 3 nitrogen and oxygen atoms in total. The summed E-state index contributed by atoms with van der Waals surface area (Å²) in [6.45, 7) is 4.28. The number of nitrogens with zero attached hydrogens (tertiary/aromatic N) is 3. The molecule has 2 heterocycles. The second kappa shape index (κ2) is 4.15. The van der Waals surface area contributed by atoms with E-state index in [-0.39, 0.29) is 0 Å². The first kappa shape index (κ1) is 9.74. The smallest absolute Gasteiger partial charge is 0.0822 e. The van der Waals surface area contributed by atoms with Crippen LogP contribution in [0.2, 0.25) is 5.02 Å². The van der Waals surface area contributed by atoms with Gasteiger partial charge in [-0.25, -0.2) is 0 Å². The van der Waals surface area contributed by atoms with E-state index in [1.807, 2.05) is 6.07 Å². The first-order chi connectivity index (χ1) is 6.77. The Kier molecular flexibility index (Phi) is 2.89. The highest BCUT2D eigenvalue weighted by Crippen LogP contribution is 2.24. The molecule has 1 aliphatic heterocycles. The molecule has 2 rings (SSSR count). The number of rotatable bonds is 1. The third-order valence-corrected chi connectivity index (χ3v) is 2.89. The van der Waals surface area contributed by atoms with Crippen LogP contribution in [-0.2, 0) is 0 Å². The summed E-state index contributed by atoms with van der Waals surface area (Å²) in [4.78, 5) is 8.62. The highest BCUT2D eigenvalue weighted by Gasteiger charge is 2.15. The molecule has 1 aliphatic rings. The third-order valence-electron chi connectivity index (χ3n) is 2.60. The van der Waals surface area contributed by atoms with Crippen molar-refractivity contribution in [1.29, 1.82) is 0 Å². The second-order valence-electron chi connectivity index (χ2n) is 3.62. The van der Waals surface area contributed by atoms with Crippen LogP contribution in [0.5, 0.6) is 0 Å². The van der Waals surface area contributed by atoms with Crippen molar-refractivity contribution in [2.75, 3.05) is 38.1 Å². The minimum atomic E-state index is 0.747. The molecule has 0 amide bonds. The number of pyridine rings is 1. The van der Waals surface area contributed by atoms with Crippen LogP contribution in [0.1, 0.15) is 0 Å². The van der Waals surface area contributed by atoms with E-state index in [0.717, 1.165) is 36.9 Å². The molecule has 0 aliphatic carbocycles. The fraction of sp³-hybridized carbons (Fsp3) is 0.500. The lowest BCUT2D eigenvalue weighted by Gasteiger charge is -2.34. The van der Waals surface area contributed by atoms with Crippen molar-refractivity contribution in [2.45, 2.75) is 0 Å². The van der Waals surface area contributed by atoms with E-state index >= 15 is 0 Å². The molecule has 1 fully saturated rings. The lowest BCUT2D eigenvalue weighted by molar-refractivity contribution is 0.313. The van der Waals surface area contributed by atoms with E-state index in [2.05, 4.69) is 21.8 Å². The summed E-state index contributed by atoms with van der Waals surface area (Å²) in [5.74, 6) is 0. The second-order valence-corrected chi connectivity index (χ2v) is 4.02. The van der Waals surface area contributed by atoms with Crippen molar-refractivity contribution in [1.82, 2.24) is 9.88 Å². The van der Waals surface area contributed by atoms with Crippen LogP contribution in [0.15, 0.2) is 18.5 Å². The average molecular weight is 212 g/mol. The van der Waals surface area contributed by atoms with Gasteiger partial charge in [-0.1, -0.05) is 11.6 Å². The van der Waals surface area contributed by atoms with Gasteiger partial charge in [0.1, 0.15) is 0 Å². The van der Waals surface area contributed by atoms with Crippen LogP contribution in [0.25, 0.3) is 0 Å². The van der Waals surface area contributed by atoms with Gasteiger partial charge in [-0.3, -0.25) is 4.98 Å². The number of halogens is 1. The summed E-state index contributed by atoms with van der Waals surface area (Å²) in [6, 6.07) is 1.98. The van der Waals surface area contributed by atoms with E-state index < -0.39 is 0 Å². The number of anilines is 1. The maximum Gasteiger partial charge on any atom is 0.0822 e. The Morgan fingerprint density at radius 1 is 1.29 bits per heavy atom. The Labute approximate surface area is 89.3 Å². The largest absolute Gasteiger partial charge is 0.368 e. The molecule has 0 spiro atoms. The van der Waals surface area contributed by atoms with Crippen molar-refractivity contribution in [3.63, 3.8) is 0 Å². The van der Waals surface area contributed by atoms with Crippen molar-refractivity contribution >= 4 is 17.3 Å². The van der Waals surface area contributed by atoms with Crippen LogP contribution in [-0.4, -0.2) is 43.1 Å². The first-order valence-electron chi connectivity index (χ1n) is 4.80. The van der Waals surface area contributed by atoms with Crippen molar-refractivity contribution in [3.8, 4) is 0 Å². The zero-order valence-electron chi connectivity index (χ0n) is 8.28. The summed E-state index contributed by atoms with van der Waals surface area (Å²) < 4.78 is 0. The molecule has 14 heavy (non-hydrogen) atoms. The van der Waals surface area contributed by atoms with Crippen LogP contribution in [0.4, 0.5) is 5.69 Å². The number of piperazine rings is 1. The molecule has 1 aromatic heterocycles. The number of hydrogen-bond acceptors (Lipinski definition) is 3. The van der Waals surface area contributed by atoms with Crippen molar-refractivity contribution in [2.24, 2.45) is 0 Å². The molecule has 0 N–H and O–H groups in total. The highest BCUT2D eigenvalue weighted by molar-refractivity contribution is 6.33. The Morgan fingerprint density at radius 3 is 2.64 bits per heavy atom. The van der Waals surface area contributed by atoms with Gasteiger partial charge in [0, 0.05) is 38.6 Å². The molecule has 0 atom stereocenters. The Hall–Kier alpha value is -0.800. The predicted molar refractivity (Wildman–Crippen MR) is 59.0 cm³/mol. The molecule has 1 saturated heterocycles. The summed E-state index contributed by atoms with van der Waals surface area (Å²) in [5.41, 5.74) is 1.11. The zero-order chi connectivity index (χ0) is 9.97. The van der Waals surface area contributed by atoms with Gasteiger partial charge in [0.25, 0.3) is 0 Å². The molecule has 76 valence electrons. The van der Waals surface area contributed by atoms with E-state index in [1.165, 1.54) is 0 Å². The maximum absolute atomic E-state index is 6.08. The van der Waals surface area contributed by atoms with Gasteiger partial charge < -0.3 is 9.80 Å². The Balaban J connectivity index is 2.12. The monoisotopic (exact) mass is 211 g/mol. The van der Waals surface area contributed by atoms with Gasteiger partial charge in [-0.15, -0.1) is 0 Å².